The molecule has 0 aliphatic carbocycles. The highest BCUT2D eigenvalue weighted by atomic mass is 32.2. The number of sulfonamides is 1. The first-order chi connectivity index (χ1) is 18.0. The molecule has 1 aromatic carbocycles. The molecule has 12 nitrogen and oxygen atoms in total. The number of methoxy groups -OCH3 is 2. The lowest BCUT2D eigenvalue weighted by Crippen LogP contribution is -2.40. The van der Waals surface area contributed by atoms with Gasteiger partial charge in [0.25, 0.3) is 0 Å². The zero-order valence-corrected chi connectivity index (χ0v) is 22.3. The third-order valence-electron chi connectivity index (χ3n) is 5.39. The summed E-state index contributed by atoms with van der Waals surface area (Å²) >= 11 is 0. The van der Waals surface area contributed by atoms with Gasteiger partial charge in [-0.05, 0) is 51.3 Å². The minimum absolute atomic E-state index is 0.215. The smallest absolute Gasteiger partial charge is 0.243 e. The number of halogens is 1. The first kappa shape index (κ1) is 28.4. The molecular weight excluding hydrogens is 517 g/mol. The average molecular weight is 546 g/mol. The van der Waals surface area contributed by atoms with Gasteiger partial charge in [0.2, 0.25) is 16.0 Å². The molecule has 0 unspecified atom stereocenters. The number of allylic oxidation sites excluding steroid dienone is 1. The van der Waals surface area contributed by atoms with Crippen molar-refractivity contribution in [3.63, 3.8) is 0 Å². The molecule has 0 amide bonds. The van der Waals surface area contributed by atoms with Gasteiger partial charge in [0.15, 0.2) is 11.7 Å². The Balaban J connectivity index is 2.17. The highest BCUT2D eigenvalue weighted by Crippen LogP contribution is 2.37. The Labute approximate surface area is 219 Å². The van der Waals surface area contributed by atoms with Crippen LogP contribution in [0.15, 0.2) is 58.7 Å². The minimum atomic E-state index is -4.36. The molecule has 0 spiro atoms. The molecule has 0 radical (unpaired) electrons. The molecule has 202 valence electrons. The molecule has 2 heterocycles. The van der Waals surface area contributed by atoms with Crippen LogP contribution in [-0.4, -0.2) is 71.4 Å². The van der Waals surface area contributed by atoms with E-state index in [4.69, 9.17) is 9.47 Å². The van der Waals surface area contributed by atoms with Gasteiger partial charge < -0.3 is 14.6 Å². The van der Waals surface area contributed by atoms with Crippen LogP contribution >= 0.6 is 0 Å². The quantitative estimate of drug-likeness (QED) is 0.291. The maximum absolute atomic E-state index is 13.4. The summed E-state index contributed by atoms with van der Waals surface area (Å²) in [7, 11) is -1.45. The third kappa shape index (κ3) is 6.03. The molecule has 3 aromatic rings. The number of ether oxygens (including phenoxy) is 2. The molecule has 0 aliphatic heterocycles. The van der Waals surface area contributed by atoms with E-state index in [2.05, 4.69) is 36.6 Å². The number of nitrogens with zero attached hydrogens (tertiary/aromatic N) is 6. The molecule has 2 atom stereocenters. The number of anilines is 1. The Morgan fingerprint density at radius 3 is 2.45 bits per heavy atom. The summed E-state index contributed by atoms with van der Waals surface area (Å²) in [5, 5.41) is 17.4. The molecule has 0 saturated heterocycles. The van der Waals surface area contributed by atoms with Crippen molar-refractivity contribution in [2.45, 2.75) is 32.1 Å². The first-order valence-electron chi connectivity index (χ1n) is 11.2. The number of hydrogen-bond donors (Lipinski definition) is 2. The van der Waals surface area contributed by atoms with Crippen molar-refractivity contribution >= 4 is 28.5 Å². The van der Waals surface area contributed by atoms with Gasteiger partial charge in [-0.1, -0.05) is 6.07 Å². The number of para-hydroxylation sites is 1. The van der Waals surface area contributed by atoms with Crippen molar-refractivity contribution in [2.24, 2.45) is 9.98 Å². The van der Waals surface area contributed by atoms with Crippen LogP contribution in [0, 0.1) is 6.92 Å². The normalized spacial score (nSPS) is 14.1. The number of pyridine rings is 1. The van der Waals surface area contributed by atoms with Crippen molar-refractivity contribution in [2.75, 3.05) is 18.9 Å². The van der Waals surface area contributed by atoms with Gasteiger partial charge >= 0.3 is 0 Å². The minimum Gasteiger partial charge on any atom is -0.494 e. The fraction of sp³-hybridized carbons (Fsp3) is 0.292. The third-order valence-corrected chi connectivity index (χ3v) is 7.09. The van der Waals surface area contributed by atoms with E-state index in [1.807, 2.05) is 6.92 Å². The molecule has 0 aliphatic rings. The van der Waals surface area contributed by atoms with Crippen LogP contribution < -0.4 is 14.2 Å². The number of amidine groups is 1. The van der Waals surface area contributed by atoms with Crippen LogP contribution in [0.3, 0.4) is 0 Å². The Hall–Kier alpha value is -4.17. The molecule has 0 saturated carbocycles. The van der Waals surface area contributed by atoms with E-state index in [9.17, 15) is 17.9 Å². The number of aliphatic hydroxyl groups is 1. The highest BCUT2D eigenvalue weighted by molar-refractivity contribution is 7.93. The molecular formula is C24H28FN7O5S. The maximum atomic E-state index is 13.4. The van der Waals surface area contributed by atoms with Crippen molar-refractivity contribution in [3.8, 4) is 28.6 Å². The summed E-state index contributed by atoms with van der Waals surface area (Å²) in [6.07, 6.45) is 2.27. The number of benzene rings is 1. The zero-order chi connectivity index (χ0) is 28.0. The summed E-state index contributed by atoms with van der Waals surface area (Å²) in [5.41, 5.74) is 1.70. The lowest BCUT2D eigenvalue weighted by molar-refractivity contribution is 0.238. The maximum Gasteiger partial charge on any atom is 0.243 e. The lowest BCUT2D eigenvalue weighted by Gasteiger charge is -2.21. The number of rotatable bonds is 10. The van der Waals surface area contributed by atoms with Gasteiger partial charge in [0.05, 0.1) is 20.4 Å². The molecule has 2 aromatic heterocycles. The van der Waals surface area contributed by atoms with Crippen molar-refractivity contribution in [3.05, 3.63) is 54.2 Å². The molecule has 0 bridgehead atoms. The summed E-state index contributed by atoms with van der Waals surface area (Å²) in [5.74, 6) is -0.318. The number of aliphatic imine (C=N–C) groups is 2. The van der Waals surface area contributed by atoms with Gasteiger partial charge in [-0.25, -0.2) is 22.8 Å². The monoisotopic (exact) mass is 545 g/mol. The van der Waals surface area contributed by atoms with E-state index in [-0.39, 0.29) is 17.6 Å². The zero-order valence-electron chi connectivity index (χ0n) is 21.5. The second-order valence-corrected chi connectivity index (χ2v) is 10.1. The fourth-order valence-corrected chi connectivity index (χ4v) is 4.48. The predicted octanol–water partition coefficient (Wildman–Crippen LogP) is 3.08. The molecule has 0 fully saturated rings. The number of aryl methyl sites for hydroxylation is 1. The Morgan fingerprint density at radius 2 is 1.89 bits per heavy atom. The molecule has 38 heavy (non-hydrogen) atoms. The lowest BCUT2D eigenvalue weighted by atomic mass is 10.2. The summed E-state index contributed by atoms with van der Waals surface area (Å²) in [4.78, 5) is 11.4. The number of nitrogens with one attached hydrogen (secondary N) is 1. The predicted molar refractivity (Wildman–Crippen MR) is 142 cm³/mol. The van der Waals surface area contributed by atoms with Crippen molar-refractivity contribution in [1.29, 1.82) is 0 Å². The van der Waals surface area contributed by atoms with Crippen molar-refractivity contribution < 1.29 is 27.4 Å². The molecule has 2 N–H and O–H groups in total. The van der Waals surface area contributed by atoms with Crippen LogP contribution in [0.4, 0.5) is 10.3 Å². The Morgan fingerprint density at radius 1 is 1.24 bits per heavy atom. The van der Waals surface area contributed by atoms with Crippen LogP contribution in [-0.2, 0) is 10.0 Å². The van der Waals surface area contributed by atoms with Crippen LogP contribution in [0.5, 0.6) is 11.5 Å². The van der Waals surface area contributed by atoms with Crippen LogP contribution in [0.2, 0.25) is 0 Å². The number of aliphatic hydroxyl groups excluding tert-OH is 1. The molecule has 3 rings (SSSR count). The van der Waals surface area contributed by atoms with Gasteiger partial charge in [-0.3, -0.25) is 14.3 Å². The Kier molecular flexibility index (Phi) is 8.91. The molecule has 14 heteroatoms. The van der Waals surface area contributed by atoms with Crippen LogP contribution in [0.1, 0.15) is 19.4 Å². The van der Waals surface area contributed by atoms with Gasteiger partial charge in [-0.2, -0.15) is 0 Å². The number of hydrogen-bond acceptors (Lipinski definition) is 9. The fourth-order valence-electron chi connectivity index (χ4n) is 3.44. The van der Waals surface area contributed by atoms with E-state index in [1.54, 1.807) is 36.7 Å². The van der Waals surface area contributed by atoms with E-state index >= 15 is 0 Å². The van der Waals surface area contributed by atoms with Crippen molar-refractivity contribution in [1.82, 2.24) is 19.7 Å². The average Bonchev–Trinajstić information content (AvgIpc) is 3.29. The largest absolute Gasteiger partial charge is 0.494 e. The number of aromatic nitrogens is 4. The van der Waals surface area contributed by atoms with Crippen LogP contribution in [0.25, 0.3) is 17.1 Å². The van der Waals surface area contributed by atoms with E-state index < -0.39 is 27.2 Å². The summed E-state index contributed by atoms with van der Waals surface area (Å²) in [6.45, 7) is 7.49. The second kappa shape index (κ2) is 11.9. The summed E-state index contributed by atoms with van der Waals surface area (Å²) < 4.78 is 54.7. The summed E-state index contributed by atoms with van der Waals surface area (Å²) in [6, 6.07) is 6.84. The van der Waals surface area contributed by atoms with Gasteiger partial charge in [-0.15, -0.1) is 10.2 Å². The van der Waals surface area contributed by atoms with E-state index in [0.717, 1.165) is 18.7 Å². The Bertz CT molecular complexity index is 1460. The second-order valence-electron chi connectivity index (χ2n) is 8.10. The van der Waals surface area contributed by atoms with Gasteiger partial charge in [0.1, 0.15) is 34.4 Å². The highest BCUT2D eigenvalue weighted by Gasteiger charge is 2.34. The van der Waals surface area contributed by atoms with E-state index in [1.165, 1.54) is 25.7 Å². The van der Waals surface area contributed by atoms with Gasteiger partial charge in [0, 0.05) is 18.0 Å². The van der Waals surface area contributed by atoms with E-state index in [0.29, 0.717) is 22.7 Å². The SMILES string of the molecule is C=N/C(=N\C=C(/C)F)[C@H](O)[C@H](C)S(=O)(=O)Nc1nnc(-c2cncc(C)c2)n1-c1c(OC)cccc1OC. The standard InChI is InChI=1S/C24H28FN7O5S/c1-14-10-17(13-27-11-14)23-29-30-24(32(23)20-18(36-5)8-7-9-19(20)37-6)31-38(34,35)16(3)21(33)22(26-4)28-12-15(2)25/h7-13,16,21,33H,4H2,1-3,5-6H3,(H,30,31)/b15-12+,28-22-/t16-,21+/m0/s1. The topological polar surface area (TPSA) is 153 Å². The first-order valence-corrected chi connectivity index (χ1v) is 12.7.